The predicted octanol–water partition coefficient (Wildman–Crippen LogP) is 2.78. The normalized spacial score (nSPS) is 10.9. The summed E-state index contributed by atoms with van der Waals surface area (Å²) in [4.78, 5) is 2.28. The van der Waals surface area contributed by atoms with Crippen LogP contribution in [0.4, 0.5) is 5.82 Å². The number of nitrogens with zero attached hydrogens (tertiary/aromatic N) is 3. The van der Waals surface area contributed by atoms with E-state index in [1.54, 1.807) is 0 Å². The van der Waals surface area contributed by atoms with Crippen LogP contribution in [-0.4, -0.2) is 23.4 Å². The van der Waals surface area contributed by atoms with E-state index in [-0.39, 0.29) is 0 Å². The van der Waals surface area contributed by atoms with Crippen LogP contribution >= 0.6 is 0 Å². The summed E-state index contributed by atoms with van der Waals surface area (Å²) >= 11 is 0. The van der Waals surface area contributed by atoms with Crippen LogP contribution in [0.15, 0.2) is 24.3 Å². The molecule has 1 aromatic heterocycles. The van der Waals surface area contributed by atoms with Crippen LogP contribution < -0.4 is 10.2 Å². The Morgan fingerprint density at radius 3 is 2.71 bits per heavy atom. The van der Waals surface area contributed by atoms with E-state index < -0.39 is 0 Å². The number of benzene rings is 1. The van der Waals surface area contributed by atoms with Crippen molar-refractivity contribution in [3.05, 3.63) is 46.6 Å². The fraction of sp³-hybridized carbons (Fsp3) is 0.471. The lowest BCUT2D eigenvalue weighted by atomic mass is 10.1. The van der Waals surface area contributed by atoms with Gasteiger partial charge in [0.25, 0.3) is 0 Å². The molecule has 0 amide bonds. The molecular formula is C17H26N4. The molecule has 0 bridgehead atoms. The highest BCUT2D eigenvalue weighted by atomic mass is 15.4. The minimum Gasteiger partial charge on any atom is -0.355 e. The molecule has 0 fully saturated rings. The van der Waals surface area contributed by atoms with Crippen LogP contribution in [0, 0.1) is 13.8 Å². The first kappa shape index (κ1) is 15.6. The van der Waals surface area contributed by atoms with E-state index in [0.717, 1.165) is 25.3 Å². The number of anilines is 1. The van der Waals surface area contributed by atoms with Crippen molar-refractivity contribution in [1.82, 2.24) is 15.1 Å². The van der Waals surface area contributed by atoms with Crippen LogP contribution in [0.25, 0.3) is 0 Å². The lowest BCUT2D eigenvalue weighted by Crippen LogP contribution is -2.22. The SMILES string of the molecule is CCNCc1c(C)nn(C)c1N(C)Cc1cccc(C)c1. The molecule has 4 nitrogen and oxygen atoms in total. The lowest BCUT2D eigenvalue weighted by molar-refractivity contribution is 0.709. The van der Waals surface area contributed by atoms with Gasteiger partial charge in [-0.2, -0.15) is 5.10 Å². The Morgan fingerprint density at radius 2 is 2.05 bits per heavy atom. The van der Waals surface area contributed by atoms with Gasteiger partial charge in [-0.3, -0.25) is 4.68 Å². The van der Waals surface area contributed by atoms with Crippen molar-refractivity contribution < 1.29 is 0 Å². The molecule has 0 radical (unpaired) electrons. The van der Waals surface area contributed by atoms with Gasteiger partial charge in [-0.25, -0.2) is 0 Å². The van der Waals surface area contributed by atoms with E-state index in [1.165, 1.54) is 22.5 Å². The van der Waals surface area contributed by atoms with Crippen molar-refractivity contribution in [1.29, 1.82) is 0 Å². The average molecular weight is 286 g/mol. The summed E-state index contributed by atoms with van der Waals surface area (Å²) in [7, 11) is 4.15. The Hall–Kier alpha value is -1.81. The third kappa shape index (κ3) is 3.64. The van der Waals surface area contributed by atoms with Crippen molar-refractivity contribution in [3.8, 4) is 0 Å². The summed E-state index contributed by atoms with van der Waals surface area (Å²) in [6.45, 7) is 9.06. The van der Waals surface area contributed by atoms with Crippen LogP contribution in [0.5, 0.6) is 0 Å². The molecule has 114 valence electrons. The van der Waals surface area contributed by atoms with Gasteiger partial charge in [0.15, 0.2) is 0 Å². The number of aryl methyl sites for hydroxylation is 3. The zero-order valence-corrected chi connectivity index (χ0v) is 13.8. The minimum absolute atomic E-state index is 0.865. The molecule has 21 heavy (non-hydrogen) atoms. The topological polar surface area (TPSA) is 33.1 Å². The summed E-state index contributed by atoms with van der Waals surface area (Å²) in [5, 5.41) is 7.99. The Bertz CT molecular complexity index is 601. The quantitative estimate of drug-likeness (QED) is 0.886. The largest absolute Gasteiger partial charge is 0.355 e. The number of hydrogen-bond acceptors (Lipinski definition) is 3. The summed E-state index contributed by atoms with van der Waals surface area (Å²) < 4.78 is 1.98. The van der Waals surface area contributed by atoms with Crippen LogP contribution in [0.2, 0.25) is 0 Å². The van der Waals surface area contributed by atoms with Gasteiger partial charge in [0.2, 0.25) is 0 Å². The second kappa shape index (κ2) is 6.76. The van der Waals surface area contributed by atoms with E-state index in [9.17, 15) is 0 Å². The van der Waals surface area contributed by atoms with E-state index in [4.69, 9.17) is 0 Å². The first-order valence-corrected chi connectivity index (χ1v) is 7.52. The molecule has 0 aliphatic heterocycles. The summed E-state index contributed by atoms with van der Waals surface area (Å²) in [6.07, 6.45) is 0. The first-order chi connectivity index (χ1) is 10.0. The Morgan fingerprint density at radius 1 is 1.29 bits per heavy atom. The third-order valence-corrected chi connectivity index (χ3v) is 3.73. The third-order valence-electron chi connectivity index (χ3n) is 3.73. The molecule has 0 saturated heterocycles. The molecule has 1 aromatic carbocycles. The van der Waals surface area contributed by atoms with Crippen LogP contribution in [0.1, 0.15) is 29.3 Å². The van der Waals surface area contributed by atoms with Gasteiger partial charge in [-0.15, -0.1) is 0 Å². The van der Waals surface area contributed by atoms with E-state index in [0.29, 0.717) is 0 Å². The maximum Gasteiger partial charge on any atom is 0.131 e. The zero-order valence-electron chi connectivity index (χ0n) is 13.8. The summed E-state index contributed by atoms with van der Waals surface area (Å²) in [5.41, 5.74) is 5.01. The van der Waals surface area contributed by atoms with Gasteiger partial charge in [-0.1, -0.05) is 36.8 Å². The fourth-order valence-corrected chi connectivity index (χ4v) is 2.78. The Labute approximate surface area is 127 Å². The van der Waals surface area contributed by atoms with Crippen molar-refractivity contribution in [2.75, 3.05) is 18.5 Å². The van der Waals surface area contributed by atoms with Crippen molar-refractivity contribution in [2.24, 2.45) is 7.05 Å². The van der Waals surface area contributed by atoms with E-state index in [2.05, 4.69) is 67.4 Å². The average Bonchev–Trinajstić information content (AvgIpc) is 2.70. The maximum absolute atomic E-state index is 4.58. The molecule has 2 aromatic rings. The molecule has 1 N–H and O–H groups in total. The Balaban J connectivity index is 2.24. The highest BCUT2D eigenvalue weighted by Crippen LogP contribution is 2.23. The van der Waals surface area contributed by atoms with Gasteiger partial charge >= 0.3 is 0 Å². The molecule has 0 atom stereocenters. The van der Waals surface area contributed by atoms with Gasteiger partial charge < -0.3 is 10.2 Å². The van der Waals surface area contributed by atoms with Gasteiger partial charge in [0.05, 0.1) is 5.69 Å². The second-order valence-electron chi connectivity index (χ2n) is 5.64. The number of rotatable bonds is 6. The molecule has 0 spiro atoms. The molecule has 2 rings (SSSR count). The minimum atomic E-state index is 0.865. The number of aromatic nitrogens is 2. The first-order valence-electron chi connectivity index (χ1n) is 7.52. The number of hydrogen-bond donors (Lipinski definition) is 1. The smallest absolute Gasteiger partial charge is 0.131 e. The van der Waals surface area contributed by atoms with E-state index in [1.807, 2.05) is 11.7 Å². The molecule has 0 saturated carbocycles. The van der Waals surface area contributed by atoms with Gasteiger partial charge in [0.1, 0.15) is 5.82 Å². The van der Waals surface area contributed by atoms with Gasteiger partial charge in [0, 0.05) is 32.7 Å². The summed E-state index contributed by atoms with van der Waals surface area (Å²) in [5.74, 6) is 1.19. The maximum atomic E-state index is 4.58. The highest BCUT2D eigenvalue weighted by Gasteiger charge is 2.16. The molecule has 0 unspecified atom stereocenters. The highest BCUT2D eigenvalue weighted by molar-refractivity contribution is 5.50. The predicted molar refractivity (Wildman–Crippen MR) is 88.6 cm³/mol. The van der Waals surface area contributed by atoms with Crippen molar-refractivity contribution in [2.45, 2.75) is 33.9 Å². The molecule has 0 aliphatic carbocycles. The van der Waals surface area contributed by atoms with Crippen LogP contribution in [0.3, 0.4) is 0 Å². The molecule has 0 aliphatic rings. The standard InChI is InChI=1S/C17H26N4/c1-6-18-11-16-14(3)19-21(5)17(16)20(4)12-15-9-7-8-13(2)10-15/h7-10,18H,6,11-12H2,1-5H3. The van der Waals surface area contributed by atoms with Gasteiger partial charge in [-0.05, 0) is 26.0 Å². The lowest BCUT2D eigenvalue weighted by Gasteiger charge is -2.21. The van der Waals surface area contributed by atoms with Crippen molar-refractivity contribution >= 4 is 5.82 Å². The van der Waals surface area contributed by atoms with Crippen molar-refractivity contribution in [3.63, 3.8) is 0 Å². The van der Waals surface area contributed by atoms with E-state index >= 15 is 0 Å². The molecule has 1 heterocycles. The fourth-order valence-electron chi connectivity index (χ4n) is 2.78. The number of nitrogens with one attached hydrogen (secondary N) is 1. The Kier molecular flexibility index (Phi) is 5.02. The zero-order chi connectivity index (χ0) is 15.4. The summed E-state index contributed by atoms with van der Waals surface area (Å²) in [6, 6.07) is 8.67. The van der Waals surface area contributed by atoms with Crippen LogP contribution in [-0.2, 0) is 20.1 Å². The molecule has 4 heteroatoms. The molecular weight excluding hydrogens is 260 g/mol. The second-order valence-corrected chi connectivity index (χ2v) is 5.64. The monoisotopic (exact) mass is 286 g/mol.